The highest BCUT2D eigenvalue weighted by molar-refractivity contribution is 9.28. The number of aromatic nitrogens is 2. The summed E-state index contributed by atoms with van der Waals surface area (Å²) in [5.41, 5.74) is -12.8. The molecule has 336 valence electrons. The van der Waals surface area contributed by atoms with Crippen LogP contribution < -0.4 is 26.4 Å². The van der Waals surface area contributed by atoms with Crippen LogP contribution in [0.5, 0.6) is 0 Å². The van der Waals surface area contributed by atoms with Gasteiger partial charge in [0, 0.05) is 5.56 Å². The van der Waals surface area contributed by atoms with Gasteiger partial charge in [-0.2, -0.15) is 4.57 Å². The molecule has 5 aromatic carbocycles. The van der Waals surface area contributed by atoms with Crippen molar-refractivity contribution in [2.75, 3.05) is 0 Å². The van der Waals surface area contributed by atoms with Gasteiger partial charge in [-0.1, -0.05) is 30.3 Å². The number of benzene rings is 5. The van der Waals surface area contributed by atoms with Crippen LogP contribution in [0.3, 0.4) is 0 Å². The third-order valence-electron chi connectivity index (χ3n) is 9.17. The molecule has 0 spiro atoms. The molecule has 6 rings (SSSR count). The van der Waals surface area contributed by atoms with Crippen LogP contribution in [0.25, 0.3) is 6.08 Å². The molecule has 0 saturated heterocycles. The van der Waals surface area contributed by atoms with E-state index in [-0.39, 0.29) is 5.78 Å². The summed E-state index contributed by atoms with van der Waals surface area (Å²) in [7, 11) is 0. The molecular weight excluding hydrogens is 1050 g/mol. The first-order valence-electron chi connectivity index (χ1n) is 16.5. The standard InChI is InChI=1S/C24BF20.C14H11Br2N2O/c26-5-1(6(27)14(35)21(42)13(5)34)25(2-7(28)15(36)22(43)16(37)8(2)29,3-9(30)17(38)23(44)18(39)10(3)31)4-11(32)19(40)24(45)20(41)12(4)33;15-14(16)8-12-9-18(7-6-17-12)10-13(19)11-4-2-1-3-5-11/h;1-9H,10H2/q-1;+1. The summed E-state index contributed by atoms with van der Waals surface area (Å²) in [6.07, 6.45) is -0.120. The quantitative estimate of drug-likeness (QED) is 0.0381. The van der Waals surface area contributed by atoms with Crippen molar-refractivity contribution in [1.82, 2.24) is 4.98 Å². The average molecular weight is 1060 g/mol. The molecule has 0 saturated carbocycles. The number of halogens is 22. The Morgan fingerprint density at radius 2 is 0.750 bits per heavy atom. The Morgan fingerprint density at radius 1 is 0.469 bits per heavy atom. The minimum absolute atomic E-state index is 0.0737. The number of Topliss-reactive ketones (excluding diaryl/α,β-unsaturated/α-hetero) is 1. The van der Waals surface area contributed by atoms with Gasteiger partial charge in [0.05, 0.1) is 9.59 Å². The maximum atomic E-state index is 15.4. The van der Waals surface area contributed by atoms with Crippen molar-refractivity contribution >= 4 is 71.7 Å². The number of ketones is 1. The van der Waals surface area contributed by atoms with E-state index >= 15 is 35.1 Å². The molecule has 0 amide bonds. The number of carbonyl (C=O) groups excluding carboxylic acids is 1. The highest BCUT2D eigenvalue weighted by atomic mass is 79.9. The summed E-state index contributed by atoms with van der Waals surface area (Å²) in [6, 6.07) is 9.26. The number of carbonyl (C=O) groups is 1. The van der Waals surface area contributed by atoms with Gasteiger partial charge in [-0.25, -0.2) is 92.8 Å². The Morgan fingerprint density at radius 3 is 1.03 bits per heavy atom. The second kappa shape index (κ2) is 18.7. The minimum atomic E-state index is -7.22. The van der Waals surface area contributed by atoms with E-state index in [1.54, 1.807) is 12.4 Å². The third kappa shape index (κ3) is 8.24. The molecule has 6 aromatic rings. The predicted molar refractivity (Wildman–Crippen MR) is 190 cm³/mol. The molecule has 0 aliphatic carbocycles. The molecule has 0 radical (unpaired) electrons. The molecule has 1 heterocycles. The van der Waals surface area contributed by atoms with Gasteiger partial charge in [0.15, 0.2) is 82.2 Å². The van der Waals surface area contributed by atoms with Crippen LogP contribution in [0.4, 0.5) is 87.8 Å². The van der Waals surface area contributed by atoms with E-state index in [9.17, 15) is 57.5 Å². The van der Waals surface area contributed by atoms with Crippen molar-refractivity contribution in [3.63, 3.8) is 0 Å². The number of hydrogen-bond acceptors (Lipinski definition) is 2. The number of hydrogen-bond donors (Lipinski definition) is 0. The Labute approximate surface area is 359 Å². The topological polar surface area (TPSA) is 33.8 Å². The Hall–Kier alpha value is -5.79. The van der Waals surface area contributed by atoms with E-state index in [0.29, 0.717) is 12.1 Å². The van der Waals surface area contributed by atoms with Gasteiger partial charge in [-0.05, 0) is 37.9 Å². The van der Waals surface area contributed by atoms with Crippen molar-refractivity contribution in [3.05, 3.63) is 180 Å². The van der Waals surface area contributed by atoms with Crippen LogP contribution in [0.2, 0.25) is 0 Å². The van der Waals surface area contributed by atoms with Gasteiger partial charge >= 0.3 is 0 Å². The lowest BCUT2D eigenvalue weighted by Crippen LogP contribution is -2.81. The maximum absolute atomic E-state index is 15.4. The molecule has 0 aliphatic rings. The van der Waals surface area contributed by atoms with Gasteiger partial charge in [-0.15, -0.1) is 21.9 Å². The highest BCUT2D eigenvalue weighted by Gasteiger charge is 2.52. The number of nitrogens with zero attached hydrogens (tertiary/aromatic N) is 2. The second-order valence-electron chi connectivity index (χ2n) is 12.7. The van der Waals surface area contributed by atoms with Crippen LogP contribution >= 0.6 is 31.9 Å². The normalized spacial score (nSPS) is 11.4. The molecule has 0 atom stereocenters. The van der Waals surface area contributed by atoms with E-state index in [4.69, 9.17) is 0 Å². The average Bonchev–Trinajstić information content (AvgIpc) is 3.26. The van der Waals surface area contributed by atoms with E-state index in [1.807, 2.05) is 47.2 Å². The van der Waals surface area contributed by atoms with Gasteiger partial charge in [0.25, 0.3) is 0 Å². The van der Waals surface area contributed by atoms with Crippen molar-refractivity contribution < 1.29 is 97.2 Å². The van der Waals surface area contributed by atoms with Crippen molar-refractivity contribution in [2.45, 2.75) is 6.54 Å². The first-order valence-corrected chi connectivity index (χ1v) is 18.1. The van der Waals surface area contributed by atoms with Gasteiger partial charge < -0.3 is 0 Å². The summed E-state index contributed by atoms with van der Waals surface area (Å²) in [6.45, 7) is 0.299. The van der Waals surface area contributed by atoms with Crippen LogP contribution in [-0.2, 0) is 6.54 Å². The fourth-order valence-electron chi connectivity index (χ4n) is 6.49. The van der Waals surface area contributed by atoms with Crippen LogP contribution in [0.15, 0.2) is 52.3 Å². The summed E-state index contributed by atoms with van der Waals surface area (Å²) >= 11 is 6.57. The molecule has 0 bridgehead atoms. The summed E-state index contributed by atoms with van der Waals surface area (Å²) in [5.74, 6) is -71.3. The molecule has 26 heteroatoms. The summed E-state index contributed by atoms with van der Waals surface area (Å²) < 4.78 is 297. The van der Waals surface area contributed by atoms with Crippen LogP contribution in [-0.4, -0.2) is 16.9 Å². The van der Waals surface area contributed by atoms with E-state index < -0.39 is 144 Å². The van der Waals surface area contributed by atoms with Crippen LogP contribution in [0, 0.1) is 116 Å². The Balaban J connectivity index is 0.000000337. The van der Waals surface area contributed by atoms with E-state index in [2.05, 4.69) is 36.8 Å². The largest absolute Gasteiger partial charge is 0.287 e. The molecule has 0 fully saturated rings. The minimum Gasteiger partial charge on any atom is -0.287 e. The number of rotatable bonds is 8. The zero-order valence-corrected chi connectivity index (χ0v) is 33.3. The summed E-state index contributed by atoms with van der Waals surface area (Å²) in [4.78, 5) is 16.3. The lowest BCUT2D eigenvalue weighted by Gasteiger charge is -2.44. The highest BCUT2D eigenvalue weighted by Crippen LogP contribution is 2.31. The molecular formula is C38H11BBr2F20N2O. The molecule has 0 N–H and O–H groups in total. The molecule has 0 unspecified atom stereocenters. The Bertz CT molecular complexity index is 2530. The van der Waals surface area contributed by atoms with Crippen LogP contribution in [0.1, 0.15) is 16.1 Å². The third-order valence-corrected chi connectivity index (χ3v) is 9.62. The van der Waals surface area contributed by atoms with Gasteiger partial charge in [0.2, 0.25) is 12.3 Å². The summed E-state index contributed by atoms with van der Waals surface area (Å²) in [5, 5.41) is 0. The van der Waals surface area contributed by atoms with E-state index in [0.717, 1.165) is 9.09 Å². The lowest BCUT2D eigenvalue weighted by molar-refractivity contribution is -0.683. The fraction of sp³-hybridized carbons (Fsp3) is 0.0263. The SMILES string of the molecule is Fc1c(F)c(F)c([B-](c2c(F)c(F)c(F)c(F)c2F)(c2c(F)c(F)c(F)c(F)c2F)c2c(F)c(F)c(F)c(F)c2F)c(F)c1F.O=C(C[n+]1ccnc(C=C(Br)Br)c1)c1ccccc1. The second-order valence-corrected chi connectivity index (χ2v) is 15.4. The lowest BCUT2D eigenvalue weighted by atomic mass is 9.12. The fourth-order valence-corrected chi connectivity index (χ4v) is 6.96. The van der Waals surface area contributed by atoms with Crippen molar-refractivity contribution in [3.8, 4) is 0 Å². The first-order chi connectivity index (χ1) is 29.8. The van der Waals surface area contributed by atoms with Gasteiger partial charge in [0.1, 0.15) is 58.4 Å². The van der Waals surface area contributed by atoms with Crippen molar-refractivity contribution in [2.24, 2.45) is 0 Å². The van der Waals surface area contributed by atoms with Gasteiger partial charge in [-0.3, -0.25) is 4.79 Å². The van der Waals surface area contributed by atoms with E-state index in [1.165, 1.54) is 0 Å². The molecule has 1 aromatic heterocycles. The zero-order valence-electron chi connectivity index (χ0n) is 30.1. The molecule has 3 nitrogen and oxygen atoms in total. The Kier molecular flexibility index (Phi) is 14.4. The molecule has 64 heavy (non-hydrogen) atoms. The maximum Gasteiger partial charge on any atom is 0.227 e. The predicted octanol–water partition coefficient (Wildman–Crippen LogP) is 9.19. The smallest absolute Gasteiger partial charge is 0.227 e. The molecule has 0 aliphatic heterocycles. The monoisotopic (exact) mass is 1060 g/mol. The zero-order chi connectivity index (χ0) is 48.0. The first kappa shape index (κ1) is 49.2. The van der Waals surface area contributed by atoms with Crippen molar-refractivity contribution in [1.29, 1.82) is 0 Å².